The van der Waals surface area contributed by atoms with Crippen molar-refractivity contribution in [1.29, 1.82) is 0 Å². The van der Waals surface area contributed by atoms with Crippen molar-refractivity contribution in [2.75, 3.05) is 32.7 Å². The second-order valence-corrected chi connectivity index (χ2v) is 11.1. The quantitative estimate of drug-likeness (QED) is 0.303. The largest absolute Gasteiger partial charge is 0.338 e. The molecule has 3 heterocycles. The predicted octanol–water partition coefficient (Wildman–Crippen LogP) is 6.78. The van der Waals surface area contributed by atoms with Crippen molar-refractivity contribution in [3.05, 3.63) is 106 Å². The van der Waals surface area contributed by atoms with Crippen molar-refractivity contribution in [2.24, 2.45) is 5.92 Å². The van der Waals surface area contributed by atoms with Crippen LogP contribution < -0.4 is 0 Å². The summed E-state index contributed by atoms with van der Waals surface area (Å²) in [6.45, 7) is 4.67. The Labute approximate surface area is 216 Å². The van der Waals surface area contributed by atoms with E-state index >= 15 is 0 Å². The fraction of sp³-hybridized carbons (Fsp3) is 0.323. The van der Waals surface area contributed by atoms with Crippen LogP contribution in [0.1, 0.15) is 46.2 Å². The summed E-state index contributed by atoms with van der Waals surface area (Å²) in [5.74, 6) is 1.26. The first-order valence-electron chi connectivity index (χ1n) is 12.9. The number of amides is 1. The van der Waals surface area contributed by atoms with Gasteiger partial charge in [-0.15, -0.1) is 0 Å². The summed E-state index contributed by atoms with van der Waals surface area (Å²) < 4.78 is 13.3. The van der Waals surface area contributed by atoms with Crippen molar-refractivity contribution >= 4 is 28.0 Å². The molecular formula is C31H31FN2OS. The molecule has 2 fully saturated rings. The summed E-state index contributed by atoms with van der Waals surface area (Å²) in [5, 5.41) is 6.54. The van der Waals surface area contributed by atoms with Crippen LogP contribution in [0.3, 0.4) is 0 Å². The monoisotopic (exact) mass is 498 g/mol. The average Bonchev–Trinajstić information content (AvgIpc) is 3.59. The third kappa shape index (κ3) is 4.70. The SMILES string of the molecule is O=C(c1cccc2ccccc12)N1CC(CN2CCC(c3ccc(F)cc3)CC2)C(c2ccsc2)C1. The molecule has 4 aromatic rings. The molecule has 2 unspecified atom stereocenters. The standard InChI is InChI=1S/C31H31FN2OS/c32-27-10-8-22(9-11-27)23-12-15-33(16-13-23)18-26-19-34(20-30(26)25-14-17-36-21-25)31(35)29-7-3-5-24-4-1-2-6-28(24)29/h1-11,14,17,21,23,26,30H,12-13,15-16,18-20H2. The van der Waals surface area contributed by atoms with E-state index < -0.39 is 0 Å². The molecule has 5 heteroatoms. The van der Waals surface area contributed by atoms with Crippen LogP contribution in [0.5, 0.6) is 0 Å². The molecule has 0 saturated carbocycles. The van der Waals surface area contributed by atoms with Gasteiger partial charge in [0, 0.05) is 31.1 Å². The molecule has 3 nitrogen and oxygen atoms in total. The van der Waals surface area contributed by atoms with Crippen molar-refractivity contribution in [1.82, 2.24) is 9.80 Å². The highest BCUT2D eigenvalue weighted by Crippen LogP contribution is 2.37. The fourth-order valence-electron chi connectivity index (χ4n) is 6.18. The molecule has 184 valence electrons. The summed E-state index contributed by atoms with van der Waals surface area (Å²) in [7, 11) is 0. The Morgan fingerprint density at radius 1 is 0.889 bits per heavy atom. The van der Waals surface area contributed by atoms with Crippen molar-refractivity contribution in [3.63, 3.8) is 0 Å². The lowest BCUT2D eigenvalue weighted by Gasteiger charge is -2.34. The zero-order valence-corrected chi connectivity index (χ0v) is 21.2. The van der Waals surface area contributed by atoms with Gasteiger partial charge in [0.1, 0.15) is 5.82 Å². The van der Waals surface area contributed by atoms with Crippen LogP contribution in [-0.2, 0) is 0 Å². The number of likely N-dealkylation sites (tertiary alicyclic amines) is 2. The van der Waals surface area contributed by atoms with E-state index in [1.807, 2.05) is 36.4 Å². The average molecular weight is 499 g/mol. The van der Waals surface area contributed by atoms with E-state index in [-0.39, 0.29) is 11.7 Å². The molecule has 0 spiro atoms. The number of hydrogen-bond donors (Lipinski definition) is 0. The van der Waals surface area contributed by atoms with Gasteiger partial charge in [-0.3, -0.25) is 4.79 Å². The van der Waals surface area contributed by atoms with E-state index in [4.69, 9.17) is 0 Å². The zero-order valence-electron chi connectivity index (χ0n) is 20.4. The van der Waals surface area contributed by atoms with E-state index in [1.165, 1.54) is 11.1 Å². The molecule has 6 rings (SSSR count). The Morgan fingerprint density at radius 2 is 1.67 bits per heavy atom. The maximum absolute atomic E-state index is 13.7. The molecule has 3 aromatic carbocycles. The number of carbonyl (C=O) groups is 1. The molecule has 2 aliphatic heterocycles. The van der Waals surface area contributed by atoms with Crippen LogP contribution >= 0.6 is 11.3 Å². The molecule has 0 aliphatic carbocycles. The molecule has 0 N–H and O–H groups in total. The maximum Gasteiger partial charge on any atom is 0.254 e. The molecule has 0 bridgehead atoms. The number of nitrogens with zero attached hydrogens (tertiary/aromatic N) is 2. The van der Waals surface area contributed by atoms with Gasteiger partial charge in [0.2, 0.25) is 0 Å². The first-order valence-corrected chi connectivity index (χ1v) is 13.9. The van der Waals surface area contributed by atoms with Crippen LogP contribution in [-0.4, -0.2) is 48.4 Å². The first kappa shape index (κ1) is 23.4. The van der Waals surface area contributed by atoms with Gasteiger partial charge in [-0.2, -0.15) is 11.3 Å². The smallest absolute Gasteiger partial charge is 0.254 e. The van der Waals surface area contributed by atoms with Crippen molar-refractivity contribution in [2.45, 2.75) is 24.7 Å². The molecule has 1 aromatic heterocycles. The van der Waals surface area contributed by atoms with Gasteiger partial charge in [-0.25, -0.2) is 4.39 Å². The number of hydrogen-bond acceptors (Lipinski definition) is 3. The van der Waals surface area contributed by atoms with Gasteiger partial charge < -0.3 is 9.80 Å². The van der Waals surface area contributed by atoms with E-state index in [9.17, 15) is 9.18 Å². The minimum absolute atomic E-state index is 0.143. The number of rotatable bonds is 5. The molecule has 36 heavy (non-hydrogen) atoms. The van der Waals surface area contributed by atoms with Gasteiger partial charge >= 0.3 is 0 Å². The molecule has 2 saturated heterocycles. The minimum Gasteiger partial charge on any atom is -0.338 e. The predicted molar refractivity (Wildman–Crippen MR) is 145 cm³/mol. The van der Waals surface area contributed by atoms with E-state index in [2.05, 4.69) is 44.8 Å². The lowest BCUT2D eigenvalue weighted by Crippen LogP contribution is -2.38. The molecule has 2 aliphatic rings. The van der Waals surface area contributed by atoms with Gasteiger partial charge in [0.25, 0.3) is 5.91 Å². The number of fused-ring (bicyclic) bond motifs is 1. The molecular weight excluding hydrogens is 467 g/mol. The third-order valence-electron chi connectivity index (χ3n) is 8.14. The van der Waals surface area contributed by atoms with E-state index in [0.29, 0.717) is 17.8 Å². The highest BCUT2D eigenvalue weighted by molar-refractivity contribution is 7.08. The van der Waals surface area contributed by atoms with Crippen molar-refractivity contribution < 1.29 is 9.18 Å². The Balaban J connectivity index is 1.17. The van der Waals surface area contributed by atoms with Crippen LogP contribution in [0.4, 0.5) is 4.39 Å². The highest BCUT2D eigenvalue weighted by Gasteiger charge is 2.38. The topological polar surface area (TPSA) is 23.6 Å². The Bertz CT molecular complexity index is 1320. The van der Waals surface area contributed by atoms with Crippen LogP contribution in [0.25, 0.3) is 10.8 Å². The number of halogens is 1. The van der Waals surface area contributed by atoms with Gasteiger partial charge in [-0.1, -0.05) is 48.5 Å². The Morgan fingerprint density at radius 3 is 2.44 bits per heavy atom. The summed E-state index contributed by atoms with van der Waals surface area (Å²) in [5.41, 5.74) is 3.41. The lowest BCUT2D eigenvalue weighted by molar-refractivity contribution is 0.0783. The summed E-state index contributed by atoms with van der Waals surface area (Å²) in [6.07, 6.45) is 2.19. The van der Waals surface area contributed by atoms with E-state index in [1.54, 1.807) is 23.5 Å². The van der Waals surface area contributed by atoms with Gasteiger partial charge in [0.15, 0.2) is 0 Å². The Kier molecular flexibility index (Phi) is 6.60. The number of piperidine rings is 1. The maximum atomic E-state index is 13.7. The second-order valence-electron chi connectivity index (χ2n) is 10.3. The second kappa shape index (κ2) is 10.2. The van der Waals surface area contributed by atoms with Gasteiger partial charge in [0.05, 0.1) is 0 Å². The minimum atomic E-state index is -0.167. The number of benzene rings is 3. The molecule has 2 atom stereocenters. The van der Waals surface area contributed by atoms with E-state index in [0.717, 1.165) is 61.9 Å². The summed E-state index contributed by atoms with van der Waals surface area (Å²) in [6, 6.07) is 23.5. The molecule has 0 radical (unpaired) electrons. The lowest BCUT2D eigenvalue weighted by atomic mass is 9.87. The van der Waals surface area contributed by atoms with Crippen molar-refractivity contribution in [3.8, 4) is 0 Å². The van der Waals surface area contributed by atoms with Crippen LogP contribution in [0.2, 0.25) is 0 Å². The van der Waals surface area contributed by atoms with Crippen LogP contribution in [0.15, 0.2) is 83.6 Å². The normalized spacial score (nSPS) is 21.3. The highest BCUT2D eigenvalue weighted by atomic mass is 32.1. The summed E-state index contributed by atoms with van der Waals surface area (Å²) >= 11 is 1.74. The Hall–Kier alpha value is -3.02. The fourth-order valence-corrected chi connectivity index (χ4v) is 6.91. The first-order chi connectivity index (χ1) is 17.7. The van der Waals surface area contributed by atoms with Crippen LogP contribution in [0, 0.1) is 11.7 Å². The number of thiophene rings is 1. The molecule has 1 amide bonds. The van der Waals surface area contributed by atoms with Gasteiger partial charge in [-0.05, 0) is 94.7 Å². The third-order valence-corrected chi connectivity index (χ3v) is 8.84. The number of carbonyl (C=O) groups excluding carboxylic acids is 1. The zero-order chi connectivity index (χ0) is 24.5. The summed E-state index contributed by atoms with van der Waals surface area (Å²) in [4.78, 5) is 18.4.